The molecule has 1 fully saturated rings. The molecule has 136 valence electrons. The normalized spacial score (nSPS) is 30.2. The maximum Gasteiger partial charge on any atom is 0.229 e. The fourth-order valence-corrected chi connectivity index (χ4v) is 2.54. The molecule has 5 N–H and O–H groups in total. The third kappa shape index (κ3) is 4.15. The van der Waals surface area contributed by atoms with Gasteiger partial charge < -0.3 is 39.7 Å². The van der Waals surface area contributed by atoms with E-state index in [0.29, 0.717) is 18.6 Å². The fraction of sp³-hybridized carbons (Fsp3) is 0.625. The maximum absolute atomic E-state index is 10.0. The Morgan fingerprint density at radius 3 is 2.42 bits per heavy atom. The van der Waals surface area contributed by atoms with Crippen LogP contribution in [0.4, 0.5) is 0 Å². The van der Waals surface area contributed by atoms with Crippen molar-refractivity contribution in [1.29, 1.82) is 0 Å². The van der Waals surface area contributed by atoms with Crippen LogP contribution in [0.2, 0.25) is 0 Å². The van der Waals surface area contributed by atoms with E-state index in [1.807, 2.05) is 0 Å². The quantitative estimate of drug-likeness (QED) is 0.417. The van der Waals surface area contributed by atoms with Gasteiger partial charge in [0.05, 0.1) is 13.7 Å². The molecule has 0 radical (unpaired) electrons. The minimum Gasteiger partial charge on any atom is -0.493 e. The molecule has 2 rings (SSSR count). The largest absolute Gasteiger partial charge is 0.493 e. The van der Waals surface area contributed by atoms with Crippen molar-refractivity contribution < 1.29 is 39.7 Å². The molecule has 5 unspecified atom stereocenters. The number of ether oxygens (including phenoxy) is 3. The lowest BCUT2D eigenvalue weighted by Crippen LogP contribution is -2.60. The molecule has 1 saturated heterocycles. The SMILES string of the molecule is COc1cc(CCCO)ccc1OC1OC(CO)C(O)C(O)C1O. The van der Waals surface area contributed by atoms with Crippen molar-refractivity contribution in [1.82, 2.24) is 0 Å². The second-order valence-electron chi connectivity index (χ2n) is 5.63. The van der Waals surface area contributed by atoms with Crippen molar-refractivity contribution in [2.24, 2.45) is 0 Å². The molecule has 24 heavy (non-hydrogen) atoms. The monoisotopic (exact) mass is 344 g/mol. The molecule has 5 atom stereocenters. The standard InChI is InChI=1S/C16H24O8/c1-22-11-7-9(3-2-6-17)4-5-10(11)23-16-15(21)14(20)13(19)12(8-18)24-16/h4-5,7,12-21H,2-3,6,8H2,1H3. The van der Waals surface area contributed by atoms with Gasteiger partial charge in [0.1, 0.15) is 24.4 Å². The summed E-state index contributed by atoms with van der Waals surface area (Å²) in [7, 11) is 1.46. The first-order valence-electron chi connectivity index (χ1n) is 7.76. The molecule has 1 heterocycles. The zero-order chi connectivity index (χ0) is 17.7. The topological polar surface area (TPSA) is 129 Å². The first-order valence-corrected chi connectivity index (χ1v) is 7.76. The lowest BCUT2D eigenvalue weighted by atomic mass is 9.99. The van der Waals surface area contributed by atoms with Gasteiger partial charge in [-0.05, 0) is 30.5 Å². The molecule has 1 aromatic rings. The molecule has 0 amide bonds. The van der Waals surface area contributed by atoms with Gasteiger partial charge in [-0.25, -0.2) is 0 Å². The van der Waals surface area contributed by atoms with E-state index in [2.05, 4.69) is 0 Å². The minimum atomic E-state index is -1.50. The molecule has 8 heteroatoms. The molecule has 0 saturated carbocycles. The number of aliphatic hydroxyl groups is 5. The van der Waals surface area contributed by atoms with Crippen molar-refractivity contribution in [2.45, 2.75) is 43.5 Å². The molecular weight excluding hydrogens is 320 g/mol. The Labute approximate surface area is 139 Å². The van der Waals surface area contributed by atoms with Crippen LogP contribution in [0.1, 0.15) is 12.0 Å². The Morgan fingerprint density at radius 1 is 1.04 bits per heavy atom. The Bertz CT molecular complexity index is 521. The third-order valence-electron chi connectivity index (χ3n) is 3.94. The van der Waals surface area contributed by atoms with Gasteiger partial charge in [-0.15, -0.1) is 0 Å². The van der Waals surface area contributed by atoms with Gasteiger partial charge in [0.25, 0.3) is 0 Å². The summed E-state index contributed by atoms with van der Waals surface area (Å²) in [6.07, 6.45) is -5.44. The number of methoxy groups -OCH3 is 1. The van der Waals surface area contributed by atoms with Crippen molar-refractivity contribution in [2.75, 3.05) is 20.3 Å². The van der Waals surface area contributed by atoms with Gasteiger partial charge in [0.2, 0.25) is 6.29 Å². The van der Waals surface area contributed by atoms with E-state index < -0.39 is 37.3 Å². The van der Waals surface area contributed by atoms with Gasteiger partial charge in [-0.3, -0.25) is 0 Å². The van der Waals surface area contributed by atoms with E-state index in [1.54, 1.807) is 18.2 Å². The molecule has 0 bridgehead atoms. The van der Waals surface area contributed by atoms with Crippen LogP contribution >= 0.6 is 0 Å². The van der Waals surface area contributed by atoms with Gasteiger partial charge in [0.15, 0.2) is 11.5 Å². The lowest BCUT2D eigenvalue weighted by molar-refractivity contribution is -0.277. The molecular formula is C16H24O8. The van der Waals surface area contributed by atoms with Crippen molar-refractivity contribution in [3.05, 3.63) is 23.8 Å². The average Bonchev–Trinajstić information content (AvgIpc) is 2.61. The number of aliphatic hydroxyl groups excluding tert-OH is 5. The van der Waals surface area contributed by atoms with E-state index in [0.717, 1.165) is 5.56 Å². The fourth-order valence-electron chi connectivity index (χ4n) is 2.54. The van der Waals surface area contributed by atoms with Crippen molar-refractivity contribution >= 4 is 0 Å². The summed E-state index contributed by atoms with van der Waals surface area (Å²) < 4.78 is 16.1. The van der Waals surface area contributed by atoms with Gasteiger partial charge in [0, 0.05) is 6.61 Å². The number of rotatable bonds is 7. The van der Waals surface area contributed by atoms with Crippen molar-refractivity contribution in [3.63, 3.8) is 0 Å². The first kappa shape index (κ1) is 18.9. The van der Waals surface area contributed by atoms with E-state index in [1.165, 1.54) is 7.11 Å². The second-order valence-corrected chi connectivity index (χ2v) is 5.63. The highest BCUT2D eigenvalue weighted by Crippen LogP contribution is 2.32. The summed E-state index contributed by atoms with van der Waals surface area (Å²) in [6.45, 7) is -0.437. The van der Waals surface area contributed by atoms with Crippen molar-refractivity contribution in [3.8, 4) is 11.5 Å². The summed E-state index contributed by atoms with van der Waals surface area (Å²) in [6, 6.07) is 5.17. The third-order valence-corrected chi connectivity index (χ3v) is 3.94. The highest BCUT2D eigenvalue weighted by molar-refractivity contribution is 5.43. The summed E-state index contributed by atoms with van der Waals surface area (Å²) in [5.41, 5.74) is 0.946. The zero-order valence-electron chi connectivity index (χ0n) is 13.4. The van der Waals surface area contributed by atoms with Gasteiger partial charge >= 0.3 is 0 Å². The first-order chi connectivity index (χ1) is 11.5. The molecule has 8 nitrogen and oxygen atoms in total. The second kappa shape index (κ2) is 8.61. The maximum atomic E-state index is 10.0. The summed E-state index contributed by atoms with van der Waals surface area (Å²) in [5, 5.41) is 47.6. The van der Waals surface area contributed by atoms with Gasteiger partial charge in [-0.1, -0.05) is 6.07 Å². The van der Waals surface area contributed by atoms with E-state index in [9.17, 15) is 20.4 Å². The van der Waals surface area contributed by atoms with E-state index >= 15 is 0 Å². The van der Waals surface area contributed by atoms with E-state index in [-0.39, 0.29) is 12.4 Å². The number of hydrogen-bond acceptors (Lipinski definition) is 8. The van der Waals surface area contributed by atoms with Crippen LogP contribution in [-0.2, 0) is 11.2 Å². The summed E-state index contributed by atoms with van der Waals surface area (Å²) in [4.78, 5) is 0. The molecule has 0 spiro atoms. The summed E-state index contributed by atoms with van der Waals surface area (Å²) in [5.74, 6) is 0.692. The summed E-state index contributed by atoms with van der Waals surface area (Å²) >= 11 is 0. The number of aryl methyl sites for hydroxylation is 1. The van der Waals surface area contributed by atoms with Gasteiger partial charge in [-0.2, -0.15) is 0 Å². The van der Waals surface area contributed by atoms with Crippen LogP contribution in [0, 0.1) is 0 Å². The predicted molar refractivity (Wildman–Crippen MR) is 82.8 cm³/mol. The molecule has 1 aliphatic heterocycles. The average molecular weight is 344 g/mol. The Kier molecular flexibility index (Phi) is 6.79. The van der Waals surface area contributed by atoms with Crippen LogP contribution < -0.4 is 9.47 Å². The predicted octanol–water partition coefficient (Wildman–Crippen LogP) is -1.20. The zero-order valence-corrected chi connectivity index (χ0v) is 13.4. The molecule has 1 aromatic carbocycles. The van der Waals surface area contributed by atoms with E-state index in [4.69, 9.17) is 19.3 Å². The smallest absolute Gasteiger partial charge is 0.229 e. The molecule has 0 aromatic heterocycles. The van der Waals surface area contributed by atoms with Crippen LogP contribution in [-0.4, -0.2) is 76.6 Å². The molecule has 1 aliphatic rings. The van der Waals surface area contributed by atoms with Crippen LogP contribution in [0.5, 0.6) is 11.5 Å². The van der Waals surface area contributed by atoms with Crippen LogP contribution in [0.15, 0.2) is 18.2 Å². The van der Waals surface area contributed by atoms with Crippen LogP contribution in [0.3, 0.4) is 0 Å². The molecule has 0 aliphatic carbocycles. The Hall–Kier alpha value is -1.42. The van der Waals surface area contributed by atoms with Crippen LogP contribution in [0.25, 0.3) is 0 Å². The number of hydrogen-bond donors (Lipinski definition) is 5. The highest BCUT2D eigenvalue weighted by atomic mass is 16.7. The minimum absolute atomic E-state index is 0.0887. The number of benzene rings is 1. The lowest BCUT2D eigenvalue weighted by Gasteiger charge is -2.39. The Balaban J connectivity index is 2.14. The Morgan fingerprint density at radius 2 is 1.79 bits per heavy atom. The highest BCUT2D eigenvalue weighted by Gasteiger charge is 2.44.